The Morgan fingerprint density at radius 2 is 2.24 bits per heavy atom. The molecule has 0 aromatic heterocycles. The number of anilines is 1. The third kappa shape index (κ3) is 4.60. The van der Waals surface area contributed by atoms with Gasteiger partial charge in [-0.05, 0) is 18.2 Å². The molecule has 0 fully saturated rings. The molecule has 0 saturated carbocycles. The topological polar surface area (TPSA) is 84.6 Å². The van der Waals surface area contributed by atoms with E-state index in [1.54, 1.807) is 12.1 Å². The van der Waals surface area contributed by atoms with E-state index in [0.29, 0.717) is 29.4 Å². The molecular formula is C11H15ClN2O3. The minimum atomic E-state index is -0.294. The van der Waals surface area contributed by atoms with Crippen LogP contribution in [0, 0.1) is 0 Å². The summed E-state index contributed by atoms with van der Waals surface area (Å²) in [5, 5.41) is 11.6. The third-order valence-corrected chi connectivity index (χ3v) is 2.26. The summed E-state index contributed by atoms with van der Waals surface area (Å²) in [6.45, 7) is 0.919. The minimum Gasteiger partial charge on any atom is -0.398 e. The van der Waals surface area contributed by atoms with Crippen LogP contribution in [0.5, 0.6) is 0 Å². The quantitative estimate of drug-likeness (QED) is 0.517. The number of rotatable bonds is 6. The molecule has 0 aliphatic carbocycles. The van der Waals surface area contributed by atoms with Crippen molar-refractivity contribution in [2.45, 2.75) is 0 Å². The minimum absolute atomic E-state index is 0.0326. The van der Waals surface area contributed by atoms with E-state index in [0.717, 1.165) is 0 Å². The first kappa shape index (κ1) is 13.8. The van der Waals surface area contributed by atoms with Crippen molar-refractivity contribution in [3.63, 3.8) is 0 Å². The summed E-state index contributed by atoms with van der Waals surface area (Å²) in [7, 11) is 0. The molecule has 6 heteroatoms. The number of amides is 1. The SMILES string of the molecule is Nc1ccc(Cl)cc1C(=O)NCCOCCO. The van der Waals surface area contributed by atoms with Crippen LogP contribution in [-0.4, -0.2) is 37.4 Å². The van der Waals surface area contributed by atoms with Crippen LogP contribution in [-0.2, 0) is 4.74 Å². The van der Waals surface area contributed by atoms with Gasteiger partial charge in [-0.15, -0.1) is 0 Å². The fraction of sp³-hybridized carbons (Fsp3) is 0.364. The van der Waals surface area contributed by atoms with Crippen molar-refractivity contribution in [2.75, 3.05) is 32.1 Å². The molecule has 5 nitrogen and oxygen atoms in total. The molecule has 1 aromatic rings. The highest BCUT2D eigenvalue weighted by molar-refractivity contribution is 6.31. The van der Waals surface area contributed by atoms with Gasteiger partial charge in [-0.3, -0.25) is 4.79 Å². The van der Waals surface area contributed by atoms with Gasteiger partial charge in [0.1, 0.15) is 0 Å². The van der Waals surface area contributed by atoms with Crippen LogP contribution in [0.1, 0.15) is 10.4 Å². The number of carbonyl (C=O) groups is 1. The van der Waals surface area contributed by atoms with Crippen LogP contribution in [0.25, 0.3) is 0 Å². The van der Waals surface area contributed by atoms with Crippen LogP contribution in [0.2, 0.25) is 5.02 Å². The molecule has 0 atom stereocenters. The molecule has 17 heavy (non-hydrogen) atoms. The van der Waals surface area contributed by atoms with E-state index >= 15 is 0 Å². The average molecular weight is 259 g/mol. The standard InChI is InChI=1S/C11H15ClN2O3/c12-8-1-2-10(13)9(7-8)11(16)14-3-5-17-6-4-15/h1-2,7,15H,3-6,13H2,(H,14,16). The first-order valence-corrected chi connectivity index (χ1v) is 5.54. The fourth-order valence-electron chi connectivity index (χ4n) is 1.22. The molecule has 4 N–H and O–H groups in total. The van der Waals surface area contributed by atoms with E-state index in [2.05, 4.69) is 5.32 Å². The molecule has 0 saturated heterocycles. The number of nitrogens with one attached hydrogen (secondary N) is 1. The van der Waals surface area contributed by atoms with Gasteiger partial charge in [0.2, 0.25) is 0 Å². The first-order chi connectivity index (χ1) is 8.15. The van der Waals surface area contributed by atoms with Gasteiger partial charge in [-0.2, -0.15) is 0 Å². The largest absolute Gasteiger partial charge is 0.398 e. The normalized spacial score (nSPS) is 10.2. The van der Waals surface area contributed by atoms with Gasteiger partial charge in [0, 0.05) is 17.3 Å². The maximum atomic E-state index is 11.7. The lowest BCUT2D eigenvalue weighted by atomic mass is 10.1. The Hall–Kier alpha value is -1.30. The van der Waals surface area contributed by atoms with Crippen molar-refractivity contribution in [1.29, 1.82) is 0 Å². The van der Waals surface area contributed by atoms with E-state index in [1.165, 1.54) is 6.07 Å². The number of nitrogens with two attached hydrogens (primary N) is 1. The second-order valence-electron chi connectivity index (χ2n) is 3.32. The molecule has 1 rings (SSSR count). The first-order valence-electron chi connectivity index (χ1n) is 5.17. The second-order valence-corrected chi connectivity index (χ2v) is 3.76. The van der Waals surface area contributed by atoms with Crippen LogP contribution in [0.3, 0.4) is 0 Å². The zero-order valence-corrected chi connectivity index (χ0v) is 10.0. The Bertz CT molecular complexity index is 385. The van der Waals surface area contributed by atoms with Crippen LogP contribution >= 0.6 is 11.6 Å². The van der Waals surface area contributed by atoms with Crippen molar-refractivity contribution in [3.8, 4) is 0 Å². The van der Waals surface area contributed by atoms with Gasteiger partial charge in [-0.1, -0.05) is 11.6 Å². The van der Waals surface area contributed by atoms with Gasteiger partial charge in [0.15, 0.2) is 0 Å². The van der Waals surface area contributed by atoms with E-state index in [1.807, 2.05) is 0 Å². The smallest absolute Gasteiger partial charge is 0.253 e. The fourth-order valence-corrected chi connectivity index (χ4v) is 1.40. The zero-order valence-electron chi connectivity index (χ0n) is 9.28. The summed E-state index contributed by atoms with van der Waals surface area (Å²) in [5.41, 5.74) is 6.38. The second kappa shape index (κ2) is 7.11. The number of ether oxygens (including phenoxy) is 1. The summed E-state index contributed by atoms with van der Waals surface area (Å²) in [6, 6.07) is 4.72. The molecule has 94 valence electrons. The molecule has 1 aromatic carbocycles. The Labute approximate surface area is 105 Å². The molecule has 0 heterocycles. The molecule has 0 radical (unpaired) electrons. The van der Waals surface area contributed by atoms with E-state index in [4.69, 9.17) is 27.2 Å². The Morgan fingerprint density at radius 1 is 1.47 bits per heavy atom. The average Bonchev–Trinajstić information content (AvgIpc) is 2.32. The molecule has 0 spiro atoms. The predicted molar refractivity (Wildman–Crippen MR) is 66.1 cm³/mol. The van der Waals surface area contributed by atoms with E-state index in [9.17, 15) is 4.79 Å². The third-order valence-electron chi connectivity index (χ3n) is 2.03. The highest BCUT2D eigenvalue weighted by Gasteiger charge is 2.09. The molecule has 0 aliphatic heterocycles. The van der Waals surface area contributed by atoms with E-state index < -0.39 is 0 Å². The summed E-state index contributed by atoms with van der Waals surface area (Å²) in [6.07, 6.45) is 0. The van der Waals surface area contributed by atoms with Gasteiger partial charge in [0.25, 0.3) is 5.91 Å². The number of nitrogen functional groups attached to an aromatic ring is 1. The highest BCUT2D eigenvalue weighted by atomic mass is 35.5. The summed E-state index contributed by atoms with van der Waals surface area (Å²) >= 11 is 5.78. The lowest BCUT2D eigenvalue weighted by molar-refractivity contribution is 0.0838. The van der Waals surface area contributed by atoms with Crippen LogP contribution in [0.15, 0.2) is 18.2 Å². The van der Waals surface area contributed by atoms with Crippen molar-refractivity contribution < 1.29 is 14.6 Å². The van der Waals surface area contributed by atoms with Gasteiger partial charge >= 0.3 is 0 Å². The van der Waals surface area contributed by atoms with Crippen molar-refractivity contribution in [1.82, 2.24) is 5.32 Å². The molecular weight excluding hydrogens is 244 g/mol. The van der Waals surface area contributed by atoms with Gasteiger partial charge in [-0.25, -0.2) is 0 Å². The number of carbonyl (C=O) groups excluding carboxylic acids is 1. The highest BCUT2D eigenvalue weighted by Crippen LogP contribution is 2.17. The number of hydrogen-bond donors (Lipinski definition) is 3. The van der Waals surface area contributed by atoms with Crippen LogP contribution < -0.4 is 11.1 Å². The summed E-state index contributed by atoms with van der Waals surface area (Å²) in [4.78, 5) is 11.7. The molecule has 0 bridgehead atoms. The molecule has 0 unspecified atom stereocenters. The van der Waals surface area contributed by atoms with Gasteiger partial charge < -0.3 is 20.9 Å². The molecule has 0 aliphatic rings. The monoisotopic (exact) mass is 258 g/mol. The van der Waals surface area contributed by atoms with Crippen molar-refractivity contribution in [2.24, 2.45) is 0 Å². The number of hydrogen-bond acceptors (Lipinski definition) is 4. The zero-order chi connectivity index (χ0) is 12.7. The van der Waals surface area contributed by atoms with Crippen LogP contribution in [0.4, 0.5) is 5.69 Å². The number of aliphatic hydroxyl groups is 1. The van der Waals surface area contributed by atoms with Crippen molar-refractivity contribution in [3.05, 3.63) is 28.8 Å². The summed E-state index contributed by atoms with van der Waals surface area (Å²) in [5.74, 6) is -0.294. The Kier molecular flexibility index (Phi) is 5.76. The summed E-state index contributed by atoms with van der Waals surface area (Å²) < 4.78 is 5.00. The number of halogens is 1. The Balaban J connectivity index is 2.44. The maximum Gasteiger partial charge on any atom is 0.253 e. The van der Waals surface area contributed by atoms with Crippen molar-refractivity contribution >= 4 is 23.2 Å². The predicted octanol–water partition coefficient (Wildman–Crippen LogP) is 0.661. The van der Waals surface area contributed by atoms with Gasteiger partial charge in [0.05, 0.1) is 25.4 Å². The van der Waals surface area contributed by atoms with E-state index in [-0.39, 0.29) is 19.1 Å². The Morgan fingerprint density at radius 3 is 2.94 bits per heavy atom. The lowest BCUT2D eigenvalue weighted by Crippen LogP contribution is -2.28. The lowest BCUT2D eigenvalue weighted by Gasteiger charge is -2.08. The molecule has 1 amide bonds. The maximum absolute atomic E-state index is 11.7. The number of benzene rings is 1. The number of aliphatic hydroxyl groups excluding tert-OH is 1.